The Hall–Kier alpha value is -1.89. The fourth-order valence-corrected chi connectivity index (χ4v) is 4.16. The van der Waals surface area contributed by atoms with Gasteiger partial charge in [-0.3, -0.25) is 14.5 Å². The average Bonchev–Trinajstić information content (AvgIpc) is 3.16. The molecule has 2 fully saturated rings. The molecular weight excluding hydrogens is 328 g/mol. The Balaban J connectivity index is 1.36. The van der Waals surface area contributed by atoms with E-state index in [9.17, 15) is 0 Å². The van der Waals surface area contributed by atoms with Gasteiger partial charge in [0.15, 0.2) is 0 Å². The van der Waals surface area contributed by atoms with E-state index in [4.69, 9.17) is 9.47 Å². The summed E-state index contributed by atoms with van der Waals surface area (Å²) < 4.78 is 13.4. The second-order valence-corrected chi connectivity index (χ2v) is 7.47. The molecule has 0 amide bonds. The van der Waals surface area contributed by atoms with E-state index in [-0.39, 0.29) is 0 Å². The van der Waals surface area contributed by atoms with Crippen molar-refractivity contribution in [2.45, 2.75) is 19.2 Å². The highest BCUT2D eigenvalue weighted by Crippen LogP contribution is 2.26. The lowest BCUT2D eigenvalue weighted by Gasteiger charge is -2.23. The number of hydrogen-bond donors (Lipinski definition) is 0. The van der Waals surface area contributed by atoms with Gasteiger partial charge >= 0.3 is 0 Å². The van der Waals surface area contributed by atoms with E-state index in [1.807, 2.05) is 24.0 Å². The smallest absolute Gasteiger partial charge is 0.119 e. The number of benzene rings is 1. The van der Waals surface area contributed by atoms with E-state index in [1.165, 1.54) is 11.1 Å². The van der Waals surface area contributed by atoms with Crippen molar-refractivity contribution in [1.29, 1.82) is 0 Å². The zero-order valence-corrected chi connectivity index (χ0v) is 15.7. The van der Waals surface area contributed by atoms with Crippen LogP contribution in [0.4, 0.5) is 0 Å². The van der Waals surface area contributed by atoms with Gasteiger partial charge in [-0.15, -0.1) is 0 Å². The van der Waals surface area contributed by atoms with Gasteiger partial charge in [0.25, 0.3) is 0 Å². The van der Waals surface area contributed by atoms with Crippen LogP contribution in [-0.2, 0) is 24.9 Å². The molecule has 0 aliphatic carbocycles. The van der Waals surface area contributed by atoms with Gasteiger partial charge < -0.3 is 9.47 Å². The van der Waals surface area contributed by atoms with Crippen molar-refractivity contribution in [3.8, 4) is 5.75 Å². The van der Waals surface area contributed by atoms with Crippen LogP contribution in [0.3, 0.4) is 0 Å². The maximum absolute atomic E-state index is 6.18. The summed E-state index contributed by atoms with van der Waals surface area (Å²) in [6.45, 7) is 6.92. The lowest BCUT2D eigenvalue weighted by atomic mass is 10.1. The Morgan fingerprint density at radius 3 is 2.81 bits per heavy atom. The number of rotatable bonds is 5. The largest absolute Gasteiger partial charge is 0.497 e. The zero-order valence-electron chi connectivity index (χ0n) is 15.7. The molecule has 0 radical (unpaired) electrons. The molecule has 26 heavy (non-hydrogen) atoms. The Kier molecular flexibility index (Phi) is 5.24. The molecule has 2 atom stereocenters. The lowest BCUT2D eigenvalue weighted by molar-refractivity contribution is 0.0510. The van der Waals surface area contributed by atoms with Gasteiger partial charge in [-0.1, -0.05) is 12.1 Å². The van der Waals surface area contributed by atoms with Crippen LogP contribution in [0.1, 0.15) is 11.1 Å². The van der Waals surface area contributed by atoms with E-state index in [0.717, 1.165) is 51.6 Å². The van der Waals surface area contributed by atoms with Crippen LogP contribution in [0.5, 0.6) is 5.75 Å². The molecule has 2 aliphatic heterocycles. The predicted octanol–water partition coefficient (Wildman–Crippen LogP) is 1.76. The molecule has 1 aromatic carbocycles. The molecule has 2 saturated heterocycles. The number of hydrogen-bond acceptors (Lipinski definition) is 5. The molecule has 0 unspecified atom stereocenters. The summed E-state index contributed by atoms with van der Waals surface area (Å²) in [5.41, 5.74) is 2.57. The lowest BCUT2D eigenvalue weighted by Crippen LogP contribution is -2.32. The monoisotopic (exact) mass is 356 g/mol. The van der Waals surface area contributed by atoms with Crippen LogP contribution in [0.2, 0.25) is 0 Å². The summed E-state index contributed by atoms with van der Waals surface area (Å²) in [5.74, 6) is 1.49. The second-order valence-electron chi connectivity index (χ2n) is 7.47. The Bertz CT molecular complexity index is 732. The first kappa shape index (κ1) is 17.5. The summed E-state index contributed by atoms with van der Waals surface area (Å²) in [6.07, 6.45) is 4.42. The van der Waals surface area contributed by atoms with E-state index < -0.39 is 0 Å². The second kappa shape index (κ2) is 7.78. The van der Waals surface area contributed by atoms with Crippen LogP contribution in [0.25, 0.3) is 0 Å². The summed E-state index contributed by atoms with van der Waals surface area (Å²) in [7, 11) is 3.69. The highest BCUT2D eigenvalue weighted by Gasteiger charge is 2.36. The number of ether oxygens (including phenoxy) is 2. The maximum Gasteiger partial charge on any atom is 0.119 e. The molecular formula is C20H28N4O2. The zero-order chi connectivity index (χ0) is 17.9. The minimum Gasteiger partial charge on any atom is -0.497 e. The molecule has 0 N–H and O–H groups in total. The third kappa shape index (κ3) is 4.09. The van der Waals surface area contributed by atoms with Gasteiger partial charge in [-0.25, -0.2) is 0 Å². The normalized spacial score (nSPS) is 24.4. The molecule has 3 heterocycles. The van der Waals surface area contributed by atoms with Crippen LogP contribution in [0.15, 0.2) is 36.7 Å². The van der Waals surface area contributed by atoms with Gasteiger partial charge in [-0.05, 0) is 17.7 Å². The van der Waals surface area contributed by atoms with Crippen LogP contribution in [0, 0.1) is 5.92 Å². The number of likely N-dealkylation sites (tertiary alicyclic amines) is 1. The number of aromatic nitrogens is 2. The summed E-state index contributed by atoms with van der Waals surface area (Å²) in [6, 6.07) is 8.36. The Morgan fingerprint density at radius 1 is 1.15 bits per heavy atom. The SMILES string of the molecule is COc1cccc(CN2C[C@H]3CN(Cc4cnn(C)c4)CCO[C@H]3C2)c1. The quantitative estimate of drug-likeness (QED) is 0.817. The summed E-state index contributed by atoms with van der Waals surface area (Å²) >= 11 is 0. The third-order valence-corrected chi connectivity index (χ3v) is 5.39. The van der Waals surface area contributed by atoms with Crippen LogP contribution in [-0.4, -0.2) is 65.6 Å². The van der Waals surface area contributed by atoms with Gasteiger partial charge in [0.05, 0.1) is 26.0 Å². The van der Waals surface area contributed by atoms with Crippen molar-refractivity contribution >= 4 is 0 Å². The Labute approximate surface area is 155 Å². The van der Waals surface area contributed by atoms with E-state index in [2.05, 4.69) is 39.3 Å². The average molecular weight is 356 g/mol. The molecule has 2 aromatic rings. The Morgan fingerprint density at radius 2 is 2.00 bits per heavy atom. The van der Waals surface area contributed by atoms with Crippen molar-refractivity contribution in [2.24, 2.45) is 13.0 Å². The molecule has 4 rings (SSSR count). The predicted molar refractivity (Wildman–Crippen MR) is 100.0 cm³/mol. The molecule has 6 nitrogen and oxygen atoms in total. The maximum atomic E-state index is 6.18. The first-order chi connectivity index (χ1) is 12.7. The highest BCUT2D eigenvalue weighted by atomic mass is 16.5. The van der Waals surface area contributed by atoms with E-state index in [0.29, 0.717) is 12.0 Å². The minimum absolute atomic E-state index is 0.347. The molecule has 1 aromatic heterocycles. The van der Waals surface area contributed by atoms with Gasteiger partial charge in [0, 0.05) is 64.0 Å². The standard InChI is InChI=1S/C20H28N4O2/c1-22-10-17(9-21-22)12-23-6-7-26-20-15-24(14-18(20)13-23)11-16-4-3-5-19(8-16)25-2/h3-5,8-10,18,20H,6-7,11-15H2,1-2H3/t18-,20+/m1/s1. The number of nitrogens with zero attached hydrogens (tertiary/aromatic N) is 4. The minimum atomic E-state index is 0.347. The first-order valence-corrected chi connectivity index (χ1v) is 9.36. The number of fused-ring (bicyclic) bond motifs is 1. The van der Waals surface area contributed by atoms with Crippen LogP contribution < -0.4 is 4.74 Å². The molecule has 6 heteroatoms. The van der Waals surface area contributed by atoms with E-state index in [1.54, 1.807) is 7.11 Å². The molecule has 0 spiro atoms. The molecule has 0 saturated carbocycles. The van der Waals surface area contributed by atoms with Crippen molar-refractivity contribution in [3.63, 3.8) is 0 Å². The molecule has 0 bridgehead atoms. The number of methoxy groups -OCH3 is 1. The fourth-order valence-electron chi connectivity index (χ4n) is 4.16. The number of aryl methyl sites for hydroxylation is 1. The third-order valence-electron chi connectivity index (χ3n) is 5.39. The van der Waals surface area contributed by atoms with Crippen molar-refractivity contribution in [1.82, 2.24) is 19.6 Å². The van der Waals surface area contributed by atoms with Gasteiger partial charge in [-0.2, -0.15) is 5.10 Å². The summed E-state index contributed by atoms with van der Waals surface area (Å²) in [4.78, 5) is 5.02. The topological polar surface area (TPSA) is 42.8 Å². The summed E-state index contributed by atoms with van der Waals surface area (Å²) in [5, 5.41) is 4.29. The molecule has 140 valence electrons. The van der Waals surface area contributed by atoms with Crippen molar-refractivity contribution < 1.29 is 9.47 Å². The fraction of sp³-hybridized carbons (Fsp3) is 0.550. The van der Waals surface area contributed by atoms with E-state index >= 15 is 0 Å². The van der Waals surface area contributed by atoms with Crippen molar-refractivity contribution in [3.05, 3.63) is 47.8 Å². The first-order valence-electron chi connectivity index (χ1n) is 9.36. The molecule has 2 aliphatic rings. The highest BCUT2D eigenvalue weighted by molar-refractivity contribution is 5.28. The van der Waals surface area contributed by atoms with Crippen molar-refractivity contribution in [2.75, 3.05) is 39.9 Å². The van der Waals surface area contributed by atoms with Gasteiger partial charge in [0.2, 0.25) is 0 Å². The van der Waals surface area contributed by atoms with Crippen LogP contribution >= 0.6 is 0 Å². The van der Waals surface area contributed by atoms with Gasteiger partial charge in [0.1, 0.15) is 5.75 Å².